The van der Waals surface area contributed by atoms with Gasteiger partial charge in [0.1, 0.15) is 18.9 Å². The van der Waals surface area contributed by atoms with Gasteiger partial charge in [-0.05, 0) is 6.42 Å². The van der Waals surface area contributed by atoms with E-state index < -0.39 is 0 Å². The van der Waals surface area contributed by atoms with E-state index in [9.17, 15) is 5.11 Å². The molecule has 1 aromatic rings. The third-order valence-corrected chi connectivity index (χ3v) is 1.72. The van der Waals surface area contributed by atoms with Crippen LogP contribution < -0.4 is 4.57 Å². The van der Waals surface area contributed by atoms with Crippen molar-refractivity contribution in [1.29, 1.82) is 0 Å². The Bertz CT molecular complexity index is 220. The lowest BCUT2D eigenvalue weighted by atomic mass is 10.3. The van der Waals surface area contributed by atoms with Gasteiger partial charge in [-0.15, -0.1) is 0 Å². The van der Waals surface area contributed by atoms with E-state index in [1.165, 1.54) is 0 Å². The summed E-state index contributed by atoms with van der Waals surface area (Å²) in [5, 5.41) is 9.29. The molecular formula is C8H15N2O+. The zero-order valence-electron chi connectivity index (χ0n) is 7.07. The third-order valence-electron chi connectivity index (χ3n) is 1.72. The number of aromatic nitrogens is 2. The highest BCUT2D eigenvalue weighted by atomic mass is 16.3. The fourth-order valence-electron chi connectivity index (χ4n) is 0.982. The molecule has 1 aromatic heterocycles. The molecule has 0 aliphatic rings. The van der Waals surface area contributed by atoms with E-state index >= 15 is 0 Å². The molecule has 1 N–H and O–H groups in total. The van der Waals surface area contributed by atoms with Gasteiger partial charge in [0.25, 0.3) is 0 Å². The first-order valence-corrected chi connectivity index (χ1v) is 3.91. The van der Waals surface area contributed by atoms with Crippen LogP contribution in [0.3, 0.4) is 0 Å². The molecule has 0 amide bonds. The largest absolute Gasteiger partial charge is 0.389 e. The molecule has 1 atom stereocenters. The Morgan fingerprint density at radius 3 is 2.82 bits per heavy atom. The molecule has 0 fully saturated rings. The van der Waals surface area contributed by atoms with Crippen molar-refractivity contribution in [3.05, 3.63) is 18.7 Å². The topological polar surface area (TPSA) is 29.0 Å². The molecule has 0 saturated carbocycles. The summed E-state index contributed by atoms with van der Waals surface area (Å²) in [6, 6.07) is 0. The van der Waals surface area contributed by atoms with Gasteiger partial charge < -0.3 is 5.11 Å². The summed E-state index contributed by atoms with van der Waals surface area (Å²) in [5.41, 5.74) is 0. The standard InChI is InChI=1S/C8H15N2O/c1-3-8(11)6-10-5-4-9(2)7-10/h4-5,7-8,11H,3,6H2,1-2H3/q+1/t8-/m0/s1. The summed E-state index contributed by atoms with van der Waals surface area (Å²) in [6.45, 7) is 2.67. The average molecular weight is 155 g/mol. The van der Waals surface area contributed by atoms with E-state index in [-0.39, 0.29) is 6.10 Å². The summed E-state index contributed by atoms with van der Waals surface area (Å²) >= 11 is 0. The minimum Gasteiger partial charge on any atom is -0.389 e. The van der Waals surface area contributed by atoms with Gasteiger partial charge in [0.15, 0.2) is 0 Å². The van der Waals surface area contributed by atoms with Gasteiger partial charge >= 0.3 is 0 Å². The van der Waals surface area contributed by atoms with Crippen molar-refractivity contribution in [3.63, 3.8) is 0 Å². The monoisotopic (exact) mass is 155 g/mol. The predicted molar refractivity (Wildman–Crippen MR) is 41.9 cm³/mol. The van der Waals surface area contributed by atoms with Gasteiger partial charge in [0.05, 0.1) is 13.2 Å². The summed E-state index contributed by atoms with van der Waals surface area (Å²) in [4.78, 5) is 0. The van der Waals surface area contributed by atoms with Gasteiger partial charge in [0, 0.05) is 0 Å². The molecular weight excluding hydrogens is 140 g/mol. The van der Waals surface area contributed by atoms with Crippen LogP contribution in [0.1, 0.15) is 13.3 Å². The molecule has 1 rings (SSSR count). The molecule has 62 valence electrons. The number of rotatable bonds is 3. The zero-order valence-corrected chi connectivity index (χ0v) is 7.07. The Balaban J connectivity index is 2.50. The molecule has 1 heterocycles. The molecule has 0 aliphatic heterocycles. The molecule has 0 unspecified atom stereocenters. The Kier molecular flexibility index (Phi) is 2.65. The number of imidazole rings is 1. The smallest absolute Gasteiger partial charge is 0.243 e. The van der Waals surface area contributed by atoms with Crippen LogP contribution >= 0.6 is 0 Å². The van der Waals surface area contributed by atoms with Crippen LogP contribution in [0.5, 0.6) is 0 Å². The number of aliphatic hydroxyl groups excluding tert-OH is 1. The lowest BCUT2D eigenvalue weighted by Gasteiger charge is -2.02. The maximum Gasteiger partial charge on any atom is 0.243 e. The molecule has 0 spiro atoms. The van der Waals surface area contributed by atoms with Crippen molar-refractivity contribution < 1.29 is 9.67 Å². The van der Waals surface area contributed by atoms with Gasteiger partial charge in [0.2, 0.25) is 6.33 Å². The quantitative estimate of drug-likeness (QED) is 0.615. The summed E-state index contributed by atoms with van der Waals surface area (Å²) in [6.07, 6.45) is 6.46. The van der Waals surface area contributed by atoms with Crippen LogP contribution in [0.25, 0.3) is 0 Å². The lowest BCUT2D eigenvalue weighted by Crippen LogP contribution is -2.24. The molecule has 0 radical (unpaired) electrons. The van der Waals surface area contributed by atoms with Crippen LogP contribution in [-0.2, 0) is 13.6 Å². The molecule has 3 heteroatoms. The summed E-state index contributed by atoms with van der Waals surface area (Å²) < 4.78 is 3.94. The molecule has 0 bridgehead atoms. The summed E-state index contributed by atoms with van der Waals surface area (Å²) in [7, 11) is 1.97. The summed E-state index contributed by atoms with van der Waals surface area (Å²) in [5.74, 6) is 0. The highest BCUT2D eigenvalue weighted by Gasteiger charge is 2.05. The Hall–Kier alpha value is -0.830. The molecule has 0 aliphatic carbocycles. The van der Waals surface area contributed by atoms with Crippen LogP contribution in [0.15, 0.2) is 18.7 Å². The molecule has 11 heavy (non-hydrogen) atoms. The molecule has 3 nitrogen and oxygen atoms in total. The van der Waals surface area contributed by atoms with Crippen LogP contribution in [-0.4, -0.2) is 15.8 Å². The van der Waals surface area contributed by atoms with Crippen molar-refractivity contribution >= 4 is 0 Å². The molecule has 0 aromatic carbocycles. The van der Waals surface area contributed by atoms with Crippen molar-refractivity contribution in [2.45, 2.75) is 26.0 Å². The van der Waals surface area contributed by atoms with Crippen molar-refractivity contribution in [2.24, 2.45) is 7.05 Å². The van der Waals surface area contributed by atoms with Crippen LogP contribution in [0, 0.1) is 0 Å². The van der Waals surface area contributed by atoms with Gasteiger partial charge in [-0.2, -0.15) is 0 Å². The van der Waals surface area contributed by atoms with E-state index in [1.807, 2.05) is 41.8 Å². The zero-order chi connectivity index (χ0) is 8.27. The van der Waals surface area contributed by atoms with Crippen molar-refractivity contribution in [1.82, 2.24) is 4.57 Å². The fourth-order valence-corrected chi connectivity index (χ4v) is 0.982. The number of aliphatic hydroxyl groups is 1. The Morgan fingerprint density at radius 1 is 1.64 bits per heavy atom. The number of hydrogen-bond acceptors (Lipinski definition) is 1. The van der Waals surface area contributed by atoms with E-state index in [4.69, 9.17) is 0 Å². The first-order valence-electron chi connectivity index (χ1n) is 3.91. The minimum absolute atomic E-state index is 0.220. The number of hydrogen-bond donors (Lipinski definition) is 1. The highest BCUT2D eigenvalue weighted by Crippen LogP contribution is 1.94. The maximum atomic E-state index is 9.29. The van der Waals surface area contributed by atoms with Gasteiger partial charge in [-0.25, -0.2) is 9.13 Å². The van der Waals surface area contributed by atoms with Crippen molar-refractivity contribution in [3.8, 4) is 0 Å². The first kappa shape index (κ1) is 8.27. The van der Waals surface area contributed by atoms with Crippen LogP contribution in [0.4, 0.5) is 0 Å². The second kappa shape index (κ2) is 3.53. The number of aryl methyl sites for hydroxylation is 1. The second-order valence-corrected chi connectivity index (χ2v) is 2.84. The first-order chi connectivity index (χ1) is 5.22. The maximum absolute atomic E-state index is 9.29. The average Bonchev–Trinajstić information content (AvgIpc) is 2.35. The lowest BCUT2D eigenvalue weighted by molar-refractivity contribution is -0.671. The van der Waals surface area contributed by atoms with Gasteiger partial charge in [-0.1, -0.05) is 6.92 Å². The Morgan fingerprint density at radius 2 is 2.36 bits per heavy atom. The van der Waals surface area contributed by atoms with E-state index in [0.29, 0.717) is 6.54 Å². The number of nitrogens with zero attached hydrogens (tertiary/aromatic N) is 2. The van der Waals surface area contributed by atoms with E-state index in [1.54, 1.807) is 0 Å². The predicted octanol–water partition coefficient (Wildman–Crippen LogP) is 0.0835. The third kappa shape index (κ3) is 2.35. The second-order valence-electron chi connectivity index (χ2n) is 2.84. The van der Waals surface area contributed by atoms with E-state index in [2.05, 4.69) is 0 Å². The Labute approximate surface area is 66.9 Å². The molecule has 0 saturated heterocycles. The van der Waals surface area contributed by atoms with E-state index in [0.717, 1.165) is 6.42 Å². The fraction of sp³-hybridized carbons (Fsp3) is 0.625. The minimum atomic E-state index is -0.220. The highest BCUT2D eigenvalue weighted by molar-refractivity contribution is 4.67. The van der Waals surface area contributed by atoms with Crippen molar-refractivity contribution in [2.75, 3.05) is 0 Å². The van der Waals surface area contributed by atoms with Gasteiger partial charge in [-0.3, -0.25) is 0 Å². The SMILES string of the molecule is CC[C@H](O)Cn1cc[n+](C)c1. The van der Waals surface area contributed by atoms with Crippen LogP contribution in [0.2, 0.25) is 0 Å². The normalized spacial score (nSPS) is 13.4.